The number of aliphatic hydroxyl groups is 1. The molecule has 0 aliphatic carbocycles. The van der Waals surface area contributed by atoms with E-state index >= 15 is 0 Å². The van der Waals surface area contributed by atoms with Gasteiger partial charge in [0.15, 0.2) is 0 Å². The van der Waals surface area contributed by atoms with Crippen LogP contribution in [-0.2, 0) is 11.3 Å². The minimum Gasteiger partial charge on any atom is -0.489 e. The summed E-state index contributed by atoms with van der Waals surface area (Å²) in [5.74, 6) is 0.595. The van der Waals surface area contributed by atoms with Crippen LogP contribution < -0.4 is 4.74 Å². The van der Waals surface area contributed by atoms with E-state index in [-0.39, 0.29) is 23.7 Å². The first kappa shape index (κ1) is 24.6. The molecule has 2 fully saturated rings. The summed E-state index contributed by atoms with van der Waals surface area (Å²) < 4.78 is 12.2. The van der Waals surface area contributed by atoms with Gasteiger partial charge in [0.25, 0.3) is 5.91 Å². The van der Waals surface area contributed by atoms with Crippen molar-refractivity contribution in [3.05, 3.63) is 59.9 Å². The highest BCUT2D eigenvalue weighted by Gasteiger charge is 2.47. The fraction of sp³-hybridized carbons (Fsp3) is 0.556. The summed E-state index contributed by atoms with van der Waals surface area (Å²) in [4.78, 5) is 21.6. The average Bonchev–Trinajstić information content (AvgIpc) is 2.79. The summed E-state index contributed by atoms with van der Waals surface area (Å²) in [5.41, 5.74) is 0.352. The minimum atomic E-state index is -0.945. The first-order chi connectivity index (χ1) is 16.1. The normalized spacial score (nSPS) is 21.1. The number of benzene rings is 1. The molecule has 4 rings (SSSR count). The topological polar surface area (TPSA) is 75.1 Å². The Kier molecular flexibility index (Phi) is 7.26. The van der Waals surface area contributed by atoms with Crippen molar-refractivity contribution in [3.63, 3.8) is 0 Å². The number of carbonyl (C=O) groups is 1. The lowest BCUT2D eigenvalue weighted by Gasteiger charge is -2.52. The van der Waals surface area contributed by atoms with Gasteiger partial charge in [-0.25, -0.2) is 4.98 Å². The molecular formula is C27H37N3O4. The van der Waals surface area contributed by atoms with Crippen LogP contribution in [0.25, 0.3) is 0 Å². The van der Waals surface area contributed by atoms with Crippen molar-refractivity contribution >= 4 is 5.91 Å². The molecule has 1 atom stereocenters. The van der Waals surface area contributed by atoms with Gasteiger partial charge < -0.3 is 19.5 Å². The quantitative estimate of drug-likeness (QED) is 0.701. The zero-order chi connectivity index (χ0) is 24.3. The first-order valence-corrected chi connectivity index (χ1v) is 12.2. The Bertz CT molecular complexity index is 948. The lowest BCUT2D eigenvalue weighted by molar-refractivity contribution is -0.221. The molecule has 1 aromatic heterocycles. The molecule has 184 valence electrons. The first-order valence-electron chi connectivity index (χ1n) is 12.2. The van der Waals surface area contributed by atoms with E-state index in [1.54, 1.807) is 18.3 Å². The maximum absolute atomic E-state index is 13.1. The standard InChI is InChI=1S/C27H37N3O4/c1-20(2)33-22-10-11-23(28-16-22)25(31)30-14-12-27(13-15-30)19-29(17-21-8-6-5-7-9-21)18-24(34-27)26(3,4)32/h5-11,16,20,24,32H,12-15,17-19H2,1-4H3. The number of nitrogens with zero attached hydrogens (tertiary/aromatic N) is 3. The number of carbonyl (C=O) groups excluding carboxylic acids is 1. The zero-order valence-corrected chi connectivity index (χ0v) is 20.7. The fourth-order valence-electron chi connectivity index (χ4n) is 4.82. The third kappa shape index (κ3) is 5.95. The molecule has 1 spiro atoms. The molecule has 0 radical (unpaired) electrons. The van der Waals surface area contributed by atoms with Crippen molar-refractivity contribution in [2.24, 2.45) is 0 Å². The summed E-state index contributed by atoms with van der Waals surface area (Å²) in [6.45, 7) is 11.0. The number of piperidine rings is 1. The van der Waals surface area contributed by atoms with Crippen molar-refractivity contribution < 1.29 is 19.4 Å². The van der Waals surface area contributed by atoms with Gasteiger partial charge in [-0.1, -0.05) is 30.3 Å². The van der Waals surface area contributed by atoms with Crippen LogP contribution in [0.3, 0.4) is 0 Å². The van der Waals surface area contributed by atoms with Crippen molar-refractivity contribution in [2.45, 2.75) is 70.5 Å². The second-order valence-electron chi connectivity index (χ2n) is 10.4. The van der Waals surface area contributed by atoms with Crippen molar-refractivity contribution in [2.75, 3.05) is 26.2 Å². The van der Waals surface area contributed by atoms with E-state index in [1.165, 1.54) is 5.56 Å². The molecule has 2 aliphatic rings. The molecule has 2 aliphatic heterocycles. The van der Waals surface area contributed by atoms with Crippen molar-refractivity contribution in [3.8, 4) is 5.75 Å². The van der Waals surface area contributed by atoms with Crippen LogP contribution in [0.15, 0.2) is 48.7 Å². The molecule has 2 aromatic rings. The number of hydrogen-bond acceptors (Lipinski definition) is 6. The Morgan fingerprint density at radius 3 is 2.50 bits per heavy atom. The highest BCUT2D eigenvalue weighted by molar-refractivity contribution is 5.92. The number of aromatic nitrogens is 1. The van der Waals surface area contributed by atoms with Gasteiger partial charge in [0, 0.05) is 32.7 Å². The smallest absolute Gasteiger partial charge is 0.272 e. The molecule has 1 aromatic carbocycles. The molecule has 2 saturated heterocycles. The third-order valence-electron chi connectivity index (χ3n) is 6.65. The van der Waals surface area contributed by atoms with Crippen LogP contribution in [0.4, 0.5) is 0 Å². The Balaban J connectivity index is 1.42. The van der Waals surface area contributed by atoms with Gasteiger partial charge >= 0.3 is 0 Å². The minimum absolute atomic E-state index is 0.0614. The summed E-state index contributed by atoms with van der Waals surface area (Å²) >= 11 is 0. The van der Waals surface area contributed by atoms with Crippen LogP contribution in [0, 0.1) is 0 Å². The molecule has 7 nitrogen and oxygen atoms in total. The van der Waals surface area contributed by atoms with E-state index in [0.717, 1.165) is 25.9 Å². The monoisotopic (exact) mass is 467 g/mol. The highest BCUT2D eigenvalue weighted by Crippen LogP contribution is 2.36. The van der Waals surface area contributed by atoms with Crippen LogP contribution in [0.5, 0.6) is 5.75 Å². The van der Waals surface area contributed by atoms with E-state index in [1.807, 2.05) is 38.7 Å². The van der Waals surface area contributed by atoms with E-state index < -0.39 is 5.60 Å². The largest absolute Gasteiger partial charge is 0.489 e. The summed E-state index contributed by atoms with van der Waals surface area (Å²) in [6.07, 6.45) is 2.84. The van der Waals surface area contributed by atoms with Crippen molar-refractivity contribution in [1.29, 1.82) is 0 Å². The van der Waals surface area contributed by atoms with E-state index in [4.69, 9.17) is 9.47 Å². The molecular weight excluding hydrogens is 430 g/mol. The van der Waals surface area contributed by atoms with Crippen molar-refractivity contribution in [1.82, 2.24) is 14.8 Å². The highest BCUT2D eigenvalue weighted by atomic mass is 16.5. The second-order valence-corrected chi connectivity index (χ2v) is 10.4. The SMILES string of the molecule is CC(C)Oc1ccc(C(=O)N2CCC3(CC2)CN(Cc2ccccc2)CC(C(C)(C)O)O3)nc1. The van der Waals surface area contributed by atoms with E-state index in [0.29, 0.717) is 31.1 Å². The molecule has 0 bridgehead atoms. The maximum atomic E-state index is 13.1. The Morgan fingerprint density at radius 2 is 1.91 bits per heavy atom. The van der Waals surface area contributed by atoms with E-state index in [9.17, 15) is 9.90 Å². The molecule has 34 heavy (non-hydrogen) atoms. The molecule has 1 amide bonds. The van der Waals surface area contributed by atoms with Gasteiger partial charge in [0.2, 0.25) is 0 Å². The van der Waals surface area contributed by atoms with Crippen LogP contribution >= 0.6 is 0 Å². The van der Waals surface area contributed by atoms with Crippen LogP contribution in [0.2, 0.25) is 0 Å². The Morgan fingerprint density at radius 1 is 1.21 bits per heavy atom. The fourth-order valence-corrected chi connectivity index (χ4v) is 4.82. The summed E-state index contributed by atoms with van der Waals surface area (Å²) in [5, 5.41) is 10.8. The van der Waals surface area contributed by atoms with Gasteiger partial charge in [-0.05, 0) is 58.2 Å². The summed E-state index contributed by atoms with van der Waals surface area (Å²) in [6, 6.07) is 13.9. The molecule has 0 saturated carbocycles. The Labute approximate surface area is 202 Å². The van der Waals surface area contributed by atoms with Gasteiger partial charge in [0.1, 0.15) is 11.4 Å². The Hall–Kier alpha value is -2.48. The third-order valence-corrected chi connectivity index (χ3v) is 6.65. The molecule has 7 heteroatoms. The van der Waals surface area contributed by atoms with Gasteiger partial charge in [-0.15, -0.1) is 0 Å². The predicted molar refractivity (Wildman–Crippen MR) is 131 cm³/mol. The number of ether oxygens (including phenoxy) is 2. The van der Waals surface area contributed by atoms with Gasteiger partial charge in [-0.3, -0.25) is 9.69 Å². The van der Waals surface area contributed by atoms with Crippen LogP contribution in [0.1, 0.15) is 56.6 Å². The lowest BCUT2D eigenvalue weighted by atomic mass is 9.86. The molecule has 3 heterocycles. The maximum Gasteiger partial charge on any atom is 0.272 e. The molecule has 1 unspecified atom stereocenters. The zero-order valence-electron chi connectivity index (χ0n) is 20.7. The average molecular weight is 468 g/mol. The van der Waals surface area contributed by atoms with Gasteiger partial charge in [0.05, 0.1) is 29.6 Å². The number of likely N-dealkylation sites (tertiary alicyclic amines) is 1. The van der Waals surface area contributed by atoms with Crippen LogP contribution in [-0.4, -0.2) is 75.4 Å². The summed E-state index contributed by atoms with van der Waals surface area (Å²) in [7, 11) is 0. The lowest BCUT2D eigenvalue weighted by Crippen LogP contribution is -2.63. The van der Waals surface area contributed by atoms with E-state index in [2.05, 4.69) is 34.1 Å². The van der Waals surface area contributed by atoms with Gasteiger partial charge in [-0.2, -0.15) is 0 Å². The predicted octanol–water partition coefficient (Wildman–Crippen LogP) is 3.52. The number of rotatable bonds is 6. The number of morpholine rings is 1. The molecule has 1 N–H and O–H groups in total. The number of hydrogen-bond donors (Lipinski definition) is 1. The number of pyridine rings is 1. The number of amides is 1. The second kappa shape index (κ2) is 10.0.